The van der Waals surface area contributed by atoms with Gasteiger partial charge in [-0.3, -0.25) is 0 Å². The molecule has 128 valence electrons. The van der Waals surface area contributed by atoms with E-state index in [1.165, 1.54) is 0 Å². The summed E-state index contributed by atoms with van der Waals surface area (Å²) >= 11 is 0. The second-order valence-corrected chi connectivity index (χ2v) is 5.09. The smallest absolute Gasteiger partial charge is 0.319 e. The van der Waals surface area contributed by atoms with Crippen LogP contribution in [-0.2, 0) is 4.74 Å². The molecule has 0 saturated carbocycles. The van der Waals surface area contributed by atoms with Gasteiger partial charge < -0.3 is 24.8 Å². The number of nitrogens with one attached hydrogen (secondary N) is 2. The molecular formula is C17H21N3O4. The van der Waals surface area contributed by atoms with E-state index < -0.39 is 0 Å². The molecule has 1 heterocycles. The van der Waals surface area contributed by atoms with Crippen LogP contribution in [-0.4, -0.2) is 37.9 Å². The van der Waals surface area contributed by atoms with Crippen LogP contribution in [0.5, 0.6) is 17.4 Å². The third kappa shape index (κ3) is 5.13. The maximum Gasteiger partial charge on any atom is 0.319 e. The van der Waals surface area contributed by atoms with Crippen LogP contribution in [0.15, 0.2) is 42.6 Å². The van der Waals surface area contributed by atoms with Crippen molar-refractivity contribution in [2.24, 2.45) is 0 Å². The summed E-state index contributed by atoms with van der Waals surface area (Å²) in [4.78, 5) is 16.2. The average molecular weight is 331 g/mol. The Hall–Kier alpha value is -2.80. The maximum absolute atomic E-state index is 12.0. The predicted molar refractivity (Wildman–Crippen MR) is 90.8 cm³/mol. The Labute approximate surface area is 140 Å². The van der Waals surface area contributed by atoms with Crippen LogP contribution in [0.1, 0.15) is 6.92 Å². The number of methoxy groups -OCH3 is 2. The highest BCUT2D eigenvalue weighted by Gasteiger charge is 2.12. The zero-order valence-electron chi connectivity index (χ0n) is 13.9. The molecule has 0 aliphatic rings. The largest absolute Gasteiger partial charge is 0.497 e. The summed E-state index contributed by atoms with van der Waals surface area (Å²) in [5.41, 5.74) is 0.468. The van der Waals surface area contributed by atoms with E-state index in [9.17, 15) is 4.79 Å². The molecule has 0 aliphatic carbocycles. The number of urea groups is 1. The zero-order valence-corrected chi connectivity index (χ0v) is 13.9. The van der Waals surface area contributed by atoms with Gasteiger partial charge in [0, 0.05) is 13.3 Å². The van der Waals surface area contributed by atoms with Crippen LogP contribution in [0.4, 0.5) is 10.5 Å². The van der Waals surface area contributed by atoms with Crippen molar-refractivity contribution in [2.45, 2.75) is 13.0 Å². The van der Waals surface area contributed by atoms with Crippen LogP contribution in [0.2, 0.25) is 0 Å². The first-order valence-electron chi connectivity index (χ1n) is 7.45. The van der Waals surface area contributed by atoms with Crippen molar-refractivity contribution in [3.05, 3.63) is 42.6 Å². The summed E-state index contributed by atoms with van der Waals surface area (Å²) in [6, 6.07) is 10.1. The van der Waals surface area contributed by atoms with Gasteiger partial charge in [0.25, 0.3) is 0 Å². The van der Waals surface area contributed by atoms with Crippen molar-refractivity contribution in [3.8, 4) is 17.4 Å². The Morgan fingerprint density at radius 3 is 2.54 bits per heavy atom. The van der Waals surface area contributed by atoms with Gasteiger partial charge in [0.15, 0.2) is 0 Å². The number of amides is 2. The van der Waals surface area contributed by atoms with Crippen LogP contribution in [0.3, 0.4) is 0 Å². The molecule has 0 bridgehead atoms. The number of hydrogen-bond acceptors (Lipinski definition) is 5. The van der Waals surface area contributed by atoms with Crippen LogP contribution < -0.4 is 20.1 Å². The third-order valence-corrected chi connectivity index (χ3v) is 3.09. The van der Waals surface area contributed by atoms with Crippen molar-refractivity contribution >= 4 is 11.7 Å². The molecular weight excluding hydrogens is 310 g/mol. The Morgan fingerprint density at radius 1 is 1.17 bits per heavy atom. The van der Waals surface area contributed by atoms with Crippen molar-refractivity contribution < 1.29 is 19.0 Å². The number of rotatable bonds is 7. The lowest BCUT2D eigenvalue weighted by molar-refractivity contribution is 0.173. The van der Waals surface area contributed by atoms with Crippen molar-refractivity contribution in [1.82, 2.24) is 10.3 Å². The summed E-state index contributed by atoms with van der Waals surface area (Å²) < 4.78 is 15.8. The fourth-order valence-corrected chi connectivity index (χ4v) is 2.00. The SMILES string of the molecule is COC[C@@H](C)NC(=O)Nc1cccnc1Oc1ccc(OC)cc1. The van der Waals surface area contributed by atoms with Crippen molar-refractivity contribution in [2.75, 3.05) is 26.1 Å². The van der Waals surface area contributed by atoms with Crippen LogP contribution in [0.25, 0.3) is 0 Å². The molecule has 1 atom stereocenters. The molecule has 7 nitrogen and oxygen atoms in total. The lowest BCUT2D eigenvalue weighted by Gasteiger charge is -2.15. The van der Waals surface area contributed by atoms with Crippen molar-refractivity contribution in [1.29, 1.82) is 0 Å². The number of anilines is 1. The second-order valence-electron chi connectivity index (χ2n) is 5.09. The summed E-state index contributed by atoms with van der Waals surface area (Å²) in [5, 5.41) is 5.49. The summed E-state index contributed by atoms with van der Waals surface area (Å²) in [5.74, 6) is 1.62. The van der Waals surface area contributed by atoms with Gasteiger partial charge in [-0.25, -0.2) is 9.78 Å². The first kappa shape index (κ1) is 17.6. The Bertz CT molecular complexity index is 661. The zero-order chi connectivity index (χ0) is 17.4. The van der Waals surface area contributed by atoms with Gasteiger partial charge >= 0.3 is 6.03 Å². The van der Waals surface area contributed by atoms with Gasteiger partial charge in [0.2, 0.25) is 5.88 Å². The van der Waals surface area contributed by atoms with E-state index in [-0.39, 0.29) is 12.1 Å². The quantitative estimate of drug-likeness (QED) is 0.815. The van der Waals surface area contributed by atoms with E-state index in [0.29, 0.717) is 23.9 Å². The first-order chi connectivity index (χ1) is 11.6. The van der Waals surface area contributed by atoms with Gasteiger partial charge in [-0.1, -0.05) is 0 Å². The second kappa shape index (κ2) is 8.73. The number of carbonyl (C=O) groups excluding carboxylic acids is 1. The number of aromatic nitrogens is 1. The van der Waals surface area contributed by atoms with E-state index in [0.717, 1.165) is 5.75 Å². The third-order valence-electron chi connectivity index (χ3n) is 3.09. The predicted octanol–water partition coefficient (Wildman–Crippen LogP) is 3.04. The molecule has 7 heteroatoms. The molecule has 2 aromatic rings. The van der Waals surface area contributed by atoms with Crippen LogP contribution >= 0.6 is 0 Å². The normalized spacial score (nSPS) is 11.5. The highest BCUT2D eigenvalue weighted by atomic mass is 16.5. The monoisotopic (exact) mass is 331 g/mol. The number of hydrogen-bond donors (Lipinski definition) is 2. The van der Waals surface area contributed by atoms with Gasteiger partial charge in [-0.05, 0) is 43.3 Å². The van der Waals surface area contributed by atoms with E-state index in [1.54, 1.807) is 56.8 Å². The van der Waals surface area contributed by atoms with Gasteiger partial charge in [0.05, 0.1) is 19.8 Å². The minimum Gasteiger partial charge on any atom is -0.497 e. The Kier molecular flexibility index (Phi) is 6.39. The molecule has 2 N–H and O–H groups in total. The number of ether oxygens (including phenoxy) is 3. The fraction of sp³-hybridized carbons (Fsp3) is 0.294. The maximum atomic E-state index is 12.0. The van der Waals surface area contributed by atoms with E-state index in [2.05, 4.69) is 15.6 Å². The Balaban J connectivity index is 2.05. The van der Waals surface area contributed by atoms with Gasteiger partial charge in [0.1, 0.15) is 17.2 Å². The molecule has 0 fully saturated rings. The topological polar surface area (TPSA) is 81.7 Å². The lowest BCUT2D eigenvalue weighted by atomic mass is 10.3. The summed E-state index contributed by atoms with van der Waals surface area (Å²) in [6.07, 6.45) is 1.59. The molecule has 1 aromatic heterocycles. The first-order valence-corrected chi connectivity index (χ1v) is 7.45. The average Bonchev–Trinajstić information content (AvgIpc) is 2.57. The lowest BCUT2D eigenvalue weighted by Crippen LogP contribution is -2.38. The number of pyridine rings is 1. The minimum atomic E-state index is -0.355. The van der Waals surface area contributed by atoms with Gasteiger partial charge in [-0.2, -0.15) is 0 Å². The molecule has 2 amide bonds. The molecule has 0 spiro atoms. The Morgan fingerprint density at radius 2 is 1.88 bits per heavy atom. The minimum absolute atomic E-state index is 0.113. The number of carbonyl (C=O) groups is 1. The molecule has 0 radical (unpaired) electrons. The summed E-state index contributed by atoms with van der Waals surface area (Å²) in [7, 11) is 3.18. The van der Waals surface area contributed by atoms with Crippen molar-refractivity contribution in [3.63, 3.8) is 0 Å². The molecule has 0 unspecified atom stereocenters. The number of nitrogens with zero attached hydrogens (tertiary/aromatic N) is 1. The molecule has 24 heavy (non-hydrogen) atoms. The molecule has 0 saturated heterocycles. The van der Waals surface area contributed by atoms with E-state index >= 15 is 0 Å². The molecule has 0 aliphatic heterocycles. The highest BCUT2D eigenvalue weighted by molar-refractivity contribution is 5.90. The fourth-order valence-electron chi connectivity index (χ4n) is 2.00. The molecule has 2 rings (SSSR count). The van der Waals surface area contributed by atoms with Crippen LogP contribution in [0, 0.1) is 0 Å². The van der Waals surface area contributed by atoms with E-state index in [1.807, 2.05) is 6.92 Å². The van der Waals surface area contributed by atoms with E-state index in [4.69, 9.17) is 14.2 Å². The summed E-state index contributed by atoms with van der Waals surface area (Å²) in [6.45, 7) is 2.27. The van der Waals surface area contributed by atoms with Gasteiger partial charge in [-0.15, -0.1) is 0 Å². The molecule has 1 aromatic carbocycles. The highest BCUT2D eigenvalue weighted by Crippen LogP contribution is 2.27. The standard InChI is InChI=1S/C17H21N3O4/c1-12(11-22-2)19-17(21)20-15-5-4-10-18-16(15)24-14-8-6-13(23-3)7-9-14/h4-10,12H,11H2,1-3H3,(H2,19,20,21)/t12-/m1/s1. The number of benzene rings is 1.